The van der Waals surface area contributed by atoms with Crippen molar-refractivity contribution in [2.75, 3.05) is 20.6 Å². The molecule has 0 radical (unpaired) electrons. The summed E-state index contributed by atoms with van der Waals surface area (Å²) in [5, 5.41) is 10.5. The molecule has 1 heterocycles. The van der Waals surface area contributed by atoms with Gasteiger partial charge in [-0.1, -0.05) is 67.2 Å². The molecule has 3 aliphatic carbocycles. The molecule has 4 fully saturated rings. The number of amides is 5. The number of nitrogens with zero attached hydrogens (tertiary/aromatic N) is 2. The van der Waals surface area contributed by atoms with E-state index >= 15 is 0 Å². The molecule has 4 N–H and O–H groups in total. The summed E-state index contributed by atoms with van der Waals surface area (Å²) in [6.45, 7) is 13.4. The van der Waals surface area contributed by atoms with Gasteiger partial charge in [0.2, 0.25) is 27.6 Å². The number of hydrogen-bond acceptors (Lipinski definition) is 7. The van der Waals surface area contributed by atoms with Gasteiger partial charge in [-0.25, -0.2) is 17.5 Å². The number of fused-ring (bicyclic) bond motifs is 1. The molecule has 0 aromatic carbocycles. The lowest BCUT2D eigenvalue weighted by Gasteiger charge is -2.44. The molecule has 0 aromatic rings. The van der Waals surface area contributed by atoms with Crippen LogP contribution in [0.5, 0.6) is 0 Å². The molecule has 48 heavy (non-hydrogen) atoms. The Bertz CT molecular complexity index is 1380. The maximum atomic E-state index is 14.4. The van der Waals surface area contributed by atoms with Crippen LogP contribution in [0.4, 0.5) is 4.79 Å². The Morgan fingerprint density at radius 1 is 0.979 bits per heavy atom. The zero-order chi connectivity index (χ0) is 36.0. The van der Waals surface area contributed by atoms with Gasteiger partial charge in [-0.2, -0.15) is 0 Å². The van der Waals surface area contributed by atoms with Crippen molar-refractivity contribution in [2.45, 2.75) is 141 Å². The van der Waals surface area contributed by atoms with Crippen LogP contribution < -0.4 is 21.3 Å². The van der Waals surface area contributed by atoms with Crippen LogP contribution in [-0.2, 0) is 29.2 Å². The van der Waals surface area contributed by atoms with Crippen molar-refractivity contribution in [1.29, 1.82) is 0 Å². The first-order chi connectivity index (χ1) is 22.2. The Kier molecular flexibility index (Phi) is 11.0. The van der Waals surface area contributed by atoms with Crippen LogP contribution in [-0.4, -0.2) is 103 Å². The average molecular weight is 695 g/mol. The first-order valence-corrected chi connectivity index (χ1v) is 19.1. The number of rotatable bonds is 13. The quantitative estimate of drug-likeness (QED) is 0.214. The van der Waals surface area contributed by atoms with Crippen LogP contribution in [0.1, 0.15) is 106 Å². The third kappa shape index (κ3) is 7.69. The lowest BCUT2D eigenvalue weighted by molar-refractivity contribution is -0.145. The van der Waals surface area contributed by atoms with E-state index in [2.05, 4.69) is 35.1 Å². The van der Waals surface area contributed by atoms with Crippen LogP contribution in [0.3, 0.4) is 0 Å². The van der Waals surface area contributed by atoms with Gasteiger partial charge < -0.3 is 26.2 Å². The minimum Gasteiger partial charge on any atom is -0.347 e. The minimum atomic E-state index is -3.70. The summed E-state index contributed by atoms with van der Waals surface area (Å²) in [4.78, 5) is 69.4. The first-order valence-electron chi connectivity index (χ1n) is 17.6. The van der Waals surface area contributed by atoms with Crippen molar-refractivity contribution in [3.63, 3.8) is 0 Å². The molecular weight excluding hydrogens is 636 g/mol. The van der Waals surface area contributed by atoms with Gasteiger partial charge in [-0.15, -0.1) is 0 Å². The lowest BCUT2D eigenvalue weighted by atomic mass is 9.79. The summed E-state index contributed by atoms with van der Waals surface area (Å²) < 4.78 is 27.6. The molecule has 3 saturated carbocycles. The van der Waals surface area contributed by atoms with Crippen LogP contribution in [0.2, 0.25) is 0 Å². The second-order valence-corrected chi connectivity index (χ2v) is 18.9. The fraction of sp³-hybridized carbons (Fsp3) is 0.853. The Balaban J connectivity index is 1.55. The first kappa shape index (κ1) is 38.1. The number of hydrogen-bond donors (Lipinski definition) is 4. The van der Waals surface area contributed by atoms with Crippen molar-refractivity contribution in [3.8, 4) is 0 Å². The molecule has 0 bridgehead atoms. The number of ketones is 1. The molecule has 6 atom stereocenters. The van der Waals surface area contributed by atoms with Gasteiger partial charge in [0, 0.05) is 26.7 Å². The van der Waals surface area contributed by atoms with E-state index in [1.165, 1.54) is 23.3 Å². The molecule has 0 spiro atoms. The minimum absolute atomic E-state index is 0.00279. The van der Waals surface area contributed by atoms with Gasteiger partial charge in [-0.3, -0.25) is 19.2 Å². The Morgan fingerprint density at radius 2 is 1.58 bits per heavy atom. The van der Waals surface area contributed by atoms with E-state index in [0.717, 1.165) is 32.1 Å². The van der Waals surface area contributed by atoms with Gasteiger partial charge in [0.15, 0.2) is 0 Å². The number of nitrogens with one attached hydrogen (secondary N) is 4. The second-order valence-electron chi connectivity index (χ2n) is 16.4. The van der Waals surface area contributed by atoms with Crippen molar-refractivity contribution in [1.82, 2.24) is 30.5 Å². The highest BCUT2D eigenvalue weighted by Gasteiger charge is 2.70. The zero-order valence-corrected chi connectivity index (χ0v) is 31.1. The van der Waals surface area contributed by atoms with Crippen molar-refractivity contribution < 1.29 is 32.4 Å². The van der Waals surface area contributed by atoms with E-state index in [-0.39, 0.29) is 29.7 Å². The van der Waals surface area contributed by atoms with Crippen LogP contribution in [0.25, 0.3) is 0 Å². The SMILES string of the molecule is CCC[C@H](NC(=O)C1[C@@H]2[C@H](CN1C(=O)[C@@H](NC(=O)NC1([C@H](C)S(=O)(=O)N(C)C)CCCCC1)C(C)(C)C)C2(C)C)C(=O)C(=O)NC1CC1. The zero-order valence-electron chi connectivity index (χ0n) is 30.3. The normalized spacial score (nSPS) is 26.5. The molecule has 14 heteroatoms. The van der Waals surface area contributed by atoms with Crippen LogP contribution in [0, 0.1) is 22.7 Å². The van der Waals surface area contributed by atoms with E-state index in [4.69, 9.17) is 0 Å². The topological polar surface area (TPSA) is 174 Å². The molecule has 13 nitrogen and oxygen atoms in total. The maximum Gasteiger partial charge on any atom is 0.315 e. The molecular formula is C34H58N6O7S. The number of sulfonamides is 1. The van der Waals surface area contributed by atoms with Crippen molar-refractivity contribution in [2.24, 2.45) is 22.7 Å². The highest BCUT2D eigenvalue weighted by molar-refractivity contribution is 7.89. The molecule has 0 aromatic heterocycles. The number of carbonyl (C=O) groups excluding carboxylic acids is 5. The number of piperidine rings is 1. The Labute approximate surface area is 286 Å². The fourth-order valence-electron chi connectivity index (χ4n) is 7.90. The van der Waals surface area contributed by atoms with E-state index in [1.807, 2.05) is 27.7 Å². The highest BCUT2D eigenvalue weighted by atomic mass is 32.2. The Hall–Kier alpha value is -2.74. The van der Waals surface area contributed by atoms with E-state index < -0.39 is 73.9 Å². The van der Waals surface area contributed by atoms with Gasteiger partial charge in [0.25, 0.3) is 5.91 Å². The van der Waals surface area contributed by atoms with E-state index in [1.54, 1.807) is 6.92 Å². The standard InChI is InChI=1S/C34H58N6O7S/c1-10-14-23(26(41)29(43)35-21-15-16-21)36-28(42)25-24-22(33(24,6)7)19-40(25)30(44)27(32(3,4)5)37-31(45)38-34(17-12-11-13-18-34)20(2)48(46,47)39(8)9/h20-25,27H,10-19H2,1-9H3,(H,35,43)(H,36,42)(H2,37,38,45)/t20-,22-,23-,24-,25?,27+/m0/s1. The molecule has 1 saturated heterocycles. The molecule has 5 amide bonds. The number of likely N-dealkylation sites (tertiary alicyclic amines) is 1. The molecule has 1 aliphatic heterocycles. The smallest absolute Gasteiger partial charge is 0.315 e. The van der Waals surface area contributed by atoms with Gasteiger partial charge in [0.1, 0.15) is 12.1 Å². The Morgan fingerprint density at radius 3 is 2.10 bits per heavy atom. The van der Waals surface area contributed by atoms with Gasteiger partial charge in [-0.05, 0) is 61.7 Å². The number of Topliss-reactive ketones (excluding diaryl/α,β-unsaturated/α-hetero) is 1. The summed E-state index contributed by atoms with van der Waals surface area (Å²) in [6.07, 6.45) is 5.97. The summed E-state index contributed by atoms with van der Waals surface area (Å²) in [5.41, 5.74) is -1.97. The predicted molar refractivity (Wildman–Crippen MR) is 182 cm³/mol. The predicted octanol–water partition coefficient (Wildman–Crippen LogP) is 2.30. The lowest BCUT2D eigenvalue weighted by Crippen LogP contribution is -2.65. The van der Waals surface area contributed by atoms with Crippen LogP contribution in [0.15, 0.2) is 0 Å². The van der Waals surface area contributed by atoms with E-state index in [9.17, 15) is 32.4 Å². The monoisotopic (exact) mass is 694 g/mol. The van der Waals surface area contributed by atoms with Crippen LogP contribution >= 0.6 is 0 Å². The second kappa shape index (κ2) is 13.9. The third-order valence-electron chi connectivity index (χ3n) is 11.3. The summed E-state index contributed by atoms with van der Waals surface area (Å²) in [6, 6.07) is -3.54. The molecule has 1 unspecified atom stereocenters. The largest absolute Gasteiger partial charge is 0.347 e. The molecule has 4 rings (SSSR count). The third-order valence-corrected chi connectivity index (χ3v) is 13.7. The fourth-order valence-corrected chi connectivity index (χ4v) is 9.39. The summed E-state index contributed by atoms with van der Waals surface area (Å²) in [7, 11) is -0.741. The summed E-state index contributed by atoms with van der Waals surface area (Å²) in [5.74, 6) is -2.37. The molecule has 4 aliphatic rings. The number of carbonyl (C=O) groups is 5. The van der Waals surface area contributed by atoms with Gasteiger partial charge in [0.05, 0.1) is 16.8 Å². The van der Waals surface area contributed by atoms with Gasteiger partial charge >= 0.3 is 6.03 Å². The van der Waals surface area contributed by atoms with Crippen molar-refractivity contribution in [3.05, 3.63) is 0 Å². The van der Waals surface area contributed by atoms with Crippen molar-refractivity contribution >= 4 is 39.6 Å². The number of urea groups is 1. The molecule has 272 valence electrons. The highest BCUT2D eigenvalue weighted by Crippen LogP contribution is 2.65. The summed E-state index contributed by atoms with van der Waals surface area (Å²) >= 11 is 0. The maximum absolute atomic E-state index is 14.4. The van der Waals surface area contributed by atoms with E-state index in [0.29, 0.717) is 25.8 Å². The average Bonchev–Trinajstić information content (AvgIpc) is 3.85.